The fourth-order valence-electron chi connectivity index (χ4n) is 4.90. The maximum Gasteiger partial charge on any atom is 0.232 e. The Bertz CT molecular complexity index is 672. The number of fused-ring (bicyclic) bond motifs is 2. The molecule has 0 radical (unpaired) electrons. The minimum atomic E-state index is -0.151. The lowest BCUT2D eigenvalue weighted by Gasteiger charge is -2.36. The number of aliphatic hydroxyl groups is 1. The molecular weight excluding hydrogens is 328 g/mol. The second kappa shape index (κ2) is 7.06. The molecular formula is C20H30N4O2. The predicted octanol–water partition coefficient (Wildman–Crippen LogP) is 2.77. The Morgan fingerprint density at radius 1 is 1.08 bits per heavy atom. The number of nitrogens with one attached hydrogen (secondary N) is 1. The van der Waals surface area contributed by atoms with Gasteiger partial charge < -0.3 is 20.2 Å². The smallest absolute Gasteiger partial charge is 0.232 e. The quantitative estimate of drug-likeness (QED) is 0.851. The number of carbonyl (C=O) groups excluding carboxylic acids is 1. The number of aliphatic hydroxyl groups excluding tert-OH is 1. The zero-order chi connectivity index (χ0) is 18.3. The third kappa shape index (κ3) is 3.15. The molecule has 1 aliphatic heterocycles. The lowest BCUT2D eigenvalue weighted by Crippen LogP contribution is -2.44. The van der Waals surface area contributed by atoms with E-state index in [0.717, 1.165) is 62.1 Å². The molecule has 0 saturated heterocycles. The topological polar surface area (TPSA) is 68.7 Å². The molecule has 1 amide bonds. The fraction of sp³-hybridized carbons (Fsp3) is 0.700. The van der Waals surface area contributed by atoms with Crippen LogP contribution in [0.4, 0.5) is 17.2 Å². The zero-order valence-electron chi connectivity index (χ0n) is 15.8. The predicted molar refractivity (Wildman–Crippen MR) is 104 cm³/mol. The maximum atomic E-state index is 13.0. The van der Waals surface area contributed by atoms with Gasteiger partial charge in [-0.05, 0) is 38.5 Å². The molecule has 2 atom stereocenters. The summed E-state index contributed by atoms with van der Waals surface area (Å²) in [6.45, 7) is 0. The van der Waals surface area contributed by atoms with E-state index >= 15 is 0 Å². The maximum absolute atomic E-state index is 13.0. The molecule has 0 aromatic carbocycles. The van der Waals surface area contributed by atoms with Crippen LogP contribution in [0.5, 0.6) is 0 Å². The number of carbonyl (C=O) groups is 1. The molecule has 0 bridgehead atoms. The van der Waals surface area contributed by atoms with Gasteiger partial charge in [-0.1, -0.05) is 12.8 Å². The number of hydrogen-bond donors (Lipinski definition) is 2. The number of amides is 1. The first kappa shape index (κ1) is 17.6. The number of pyridine rings is 1. The molecule has 1 aromatic heterocycles. The summed E-state index contributed by atoms with van der Waals surface area (Å²) in [6, 6.07) is 2.74. The molecule has 2 N–H and O–H groups in total. The van der Waals surface area contributed by atoms with Gasteiger partial charge in [-0.3, -0.25) is 4.79 Å². The highest BCUT2D eigenvalue weighted by Gasteiger charge is 2.39. The van der Waals surface area contributed by atoms with Gasteiger partial charge in [-0.2, -0.15) is 0 Å². The van der Waals surface area contributed by atoms with Crippen molar-refractivity contribution in [2.24, 2.45) is 5.92 Å². The van der Waals surface area contributed by atoms with E-state index in [-0.39, 0.29) is 24.0 Å². The monoisotopic (exact) mass is 358 g/mol. The highest BCUT2D eigenvalue weighted by Crippen LogP contribution is 2.41. The van der Waals surface area contributed by atoms with Crippen molar-refractivity contribution in [1.29, 1.82) is 0 Å². The highest BCUT2D eigenvalue weighted by molar-refractivity contribution is 6.00. The zero-order valence-corrected chi connectivity index (χ0v) is 15.8. The fourth-order valence-corrected chi connectivity index (χ4v) is 4.90. The van der Waals surface area contributed by atoms with Crippen molar-refractivity contribution in [2.45, 2.75) is 69.6 Å². The van der Waals surface area contributed by atoms with Crippen LogP contribution in [0, 0.1) is 5.92 Å². The standard InChI is InChI=1S/C20H30N4O2/c1-23-16-6-4-3-5-15(16)20(26)24(2)18-12-21-19(11-17(18)23)22-13-7-9-14(25)10-8-13/h11-16,25H,3-10H2,1-2H3,(H,21,22)/t13-,14-,15?,16?. The van der Waals surface area contributed by atoms with Gasteiger partial charge in [0.25, 0.3) is 0 Å². The first-order valence-electron chi connectivity index (χ1n) is 9.99. The van der Waals surface area contributed by atoms with Crippen LogP contribution in [0.3, 0.4) is 0 Å². The summed E-state index contributed by atoms with van der Waals surface area (Å²) in [6.07, 6.45) is 9.72. The molecule has 4 rings (SSSR count). The van der Waals surface area contributed by atoms with E-state index in [1.807, 2.05) is 13.2 Å². The Hall–Kier alpha value is -1.82. The third-order valence-corrected chi connectivity index (χ3v) is 6.53. The van der Waals surface area contributed by atoms with Crippen molar-refractivity contribution in [3.63, 3.8) is 0 Å². The second-order valence-electron chi connectivity index (χ2n) is 8.17. The van der Waals surface area contributed by atoms with Crippen molar-refractivity contribution in [1.82, 2.24) is 4.98 Å². The number of hydrogen-bond acceptors (Lipinski definition) is 5. The Labute approximate surface area is 155 Å². The highest BCUT2D eigenvalue weighted by atomic mass is 16.3. The molecule has 3 aliphatic rings. The van der Waals surface area contributed by atoms with Crippen LogP contribution in [-0.2, 0) is 4.79 Å². The van der Waals surface area contributed by atoms with Crippen molar-refractivity contribution in [3.05, 3.63) is 12.3 Å². The van der Waals surface area contributed by atoms with E-state index < -0.39 is 0 Å². The molecule has 2 fully saturated rings. The van der Waals surface area contributed by atoms with Crippen LogP contribution in [0.25, 0.3) is 0 Å². The van der Waals surface area contributed by atoms with Crippen LogP contribution in [-0.4, -0.2) is 48.3 Å². The van der Waals surface area contributed by atoms with Crippen molar-refractivity contribution in [2.75, 3.05) is 29.2 Å². The Morgan fingerprint density at radius 2 is 1.81 bits per heavy atom. The van der Waals surface area contributed by atoms with Gasteiger partial charge in [0.05, 0.1) is 29.6 Å². The molecule has 26 heavy (non-hydrogen) atoms. The lowest BCUT2D eigenvalue weighted by atomic mass is 9.83. The summed E-state index contributed by atoms with van der Waals surface area (Å²) in [5.41, 5.74) is 1.99. The third-order valence-electron chi connectivity index (χ3n) is 6.53. The summed E-state index contributed by atoms with van der Waals surface area (Å²) >= 11 is 0. The molecule has 6 heteroatoms. The number of nitrogens with zero attached hydrogens (tertiary/aromatic N) is 3. The number of rotatable bonds is 2. The minimum Gasteiger partial charge on any atom is -0.393 e. The molecule has 2 aliphatic carbocycles. The van der Waals surface area contributed by atoms with Gasteiger partial charge in [0.15, 0.2) is 0 Å². The van der Waals surface area contributed by atoms with Gasteiger partial charge in [0.2, 0.25) is 5.91 Å². The Morgan fingerprint density at radius 3 is 2.58 bits per heavy atom. The minimum absolute atomic E-state index is 0.0855. The van der Waals surface area contributed by atoms with Gasteiger partial charge in [0.1, 0.15) is 5.82 Å². The first-order valence-corrected chi connectivity index (χ1v) is 9.99. The van der Waals surface area contributed by atoms with Gasteiger partial charge in [-0.25, -0.2) is 4.98 Å². The van der Waals surface area contributed by atoms with E-state index in [0.29, 0.717) is 6.04 Å². The average molecular weight is 358 g/mol. The van der Waals surface area contributed by atoms with Crippen molar-refractivity contribution in [3.8, 4) is 0 Å². The molecule has 0 spiro atoms. The van der Waals surface area contributed by atoms with Crippen LogP contribution in [0.15, 0.2) is 12.3 Å². The molecule has 2 unspecified atom stereocenters. The van der Waals surface area contributed by atoms with Crippen molar-refractivity contribution >= 4 is 23.1 Å². The average Bonchev–Trinajstić information content (AvgIpc) is 2.74. The molecule has 2 saturated carbocycles. The first-order chi connectivity index (χ1) is 12.5. The summed E-state index contributed by atoms with van der Waals surface area (Å²) in [5.74, 6) is 1.18. The van der Waals surface area contributed by atoms with Gasteiger partial charge in [0, 0.05) is 32.2 Å². The Balaban J connectivity index is 1.60. The second-order valence-corrected chi connectivity index (χ2v) is 8.17. The van der Waals surface area contributed by atoms with E-state index in [1.54, 1.807) is 4.90 Å². The summed E-state index contributed by atoms with van der Waals surface area (Å²) in [4.78, 5) is 21.6. The molecule has 1 aromatic rings. The molecule has 6 nitrogen and oxygen atoms in total. The van der Waals surface area contributed by atoms with Crippen molar-refractivity contribution < 1.29 is 9.90 Å². The molecule has 2 heterocycles. The van der Waals surface area contributed by atoms with E-state index in [2.05, 4.69) is 28.3 Å². The molecule has 142 valence electrons. The van der Waals surface area contributed by atoms with Crippen LogP contribution in [0.1, 0.15) is 51.4 Å². The van der Waals surface area contributed by atoms with E-state index in [1.165, 1.54) is 6.42 Å². The Kier molecular flexibility index (Phi) is 4.78. The summed E-state index contributed by atoms with van der Waals surface area (Å²) in [7, 11) is 4.00. The largest absolute Gasteiger partial charge is 0.393 e. The van der Waals surface area contributed by atoms with Crippen LogP contribution < -0.4 is 15.1 Å². The van der Waals surface area contributed by atoms with Crippen LogP contribution >= 0.6 is 0 Å². The lowest BCUT2D eigenvalue weighted by molar-refractivity contribution is -0.123. The summed E-state index contributed by atoms with van der Waals surface area (Å²) in [5, 5.41) is 13.2. The van der Waals surface area contributed by atoms with E-state index in [9.17, 15) is 9.90 Å². The SMILES string of the molecule is CN1C(=O)C2CCCCC2N(C)c2cc(N[C@H]3CC[C@H](O)CC3)ncc21. The normalized spacial score (nSPS) is 31.9. The summed E-state index contributed by atoms with van der Waals surface area (Å²) < 4.78 is 0. The van der Waals surface area contributed by atoms with Gasteiger partial charge >= 0.3 is 0 Å². The number of aromatic nitrogens is 1. The number of anilines is 3. The van der Waals surface area contributed by atoms with Crippen LogP contribution in [0.2, 0.25) is 0 Å². The van der Waals surface area contributed by atoms with E-state index in [4.69, 9.17) is 0 Å². The van der Waals surface area contributed by atoms with Gasteiger partial charge in [-0.15, -0.1) is 0 Å².